The van der Waals surface area contributed by atoms with E-state index in [-0.39, 0.29) is 37.2 Å². The lowest BCUT2D eigenvalue weighted by atomic mass is 10.0. The molecule has 0 bridgehead atoms. The minimum Gasteiger partial charge on any atom is -0.490 e. The Bertz CT molecular complexity index is 820. The van der Waals surface area contributed by atoms with Crippen molar-refractivity contribution in [1.82, 2.24) is 10.2 Å². The number of carbonyl (C=O) groups is 5. The SMILES string of the molecule is NC(=O)OCCOc1ccc2c(c1)C(=O)N(C1CCC(=O)NC1=O)C2=O. The highest BCUT2D eigenvalue weighted by Gasteiger charge is 2.44. The minimum atomic E-state index is -1.02. The van der Waals surface area contributed by atoms with E-state index in [1.165, 1.54) is 18.2 Å². The molecule has 0 saturated carbocycles. The third-order valence-corrected chi connectivity index (χ3v) is 4.01. The van der Waals surface area contributed by atoms with Crippen LogP contribution in [0.3, 0.4) is 0 Å². The molecule has 1 atom stereocenters. The van der Waals surface area contributed by atoms with Gasteiger partial charge < -0.3 is 15.2 Å². The van der Waals surface area contributed by atoms with Crippen LogP contribution in [0.15, 0.2) is 18.2 Å². The van der Waals surface area contributed by atoms with Crippen LogP contribution in [0.5, 0.6) is 5.75 Å². The third-order valence-electron chi connectivity index (χ3n) is 4.01. The number of hydrogen-bond donors (Lipinski definition) is 2. The zero-order chi connectivity index (χ0) is 18.8. The molecule has 1 saturated heterocycles. The van der Waals surface area contributed by atoms with E-state index in [4.69, 9.17) is 10.5 Å². The van der Waals surface area contributed by atoms with Crippen LogP contribution in [0.1, 0.15) is 33.6 Å². The molecular formula is C16H15N3O7. The van der Waals surface area contributed by atoms with Crippen molar-refractivity contribution in [3.05, 3.63) is 29.3 Å². The Labute approximate surface area is 147 Å². The number of ether oxygens (including phenoxy) is 2. The molecule has 1 aromatic carbocycles. The molecule has 3 N–H and O–H groups in total. The number of piperidine rings is 1. The first-order chi connectivity index (χ1) is 12.4. The van der Waals surface area contributed by atoms with Gasteiger partial charge in [-0.15, -0.1) is 0 Å². The van der Waals surface area contributed by atoms with Gasteiger partial charge in [-0.3, -0.25) is 29.4 Å². The summed E-state index contributed by atoms with van der Waals surface area (Å²) >= 11 is 0. The standard InChI is InChI=1S/C16H15N3O7/c17-16(24)26-6-5-25-8-1-2-9-10(7-8)15(23)19(14(9)22)11-3-4-12(20)18-13(11)21/h1-2,7,11H,3-6H2,(H2,17,24)(H,18,20,21). The van der Waals surface area contributed by atoms with Crippen molar-refractivity contribution in [2.45, 2.75) is 18.9 Å². The van der Waals surface area contributed by atoms with Gasteiger partial charge in [0.15, 0.2) is 0 Å². The van der Waals surface area contributed by atoms with E-state index < -0.39 is 35.8 Å². The van der Waals surface area contributed by atoms with Crippen LogP contribution in [0.25, 0.3) is 0 Å². The summed E-state index contributed by atoms with van der Waals surface area (Å²) in [5.41, 5.74) is 5.08. The first-order valence-corrected chi connectivity index (χ1v) is 7.79. The Morgan fingerprint density at radius 2 is 1.88 bits per heavy atom. The van der Waals surface area contributed by atoms with E-state index in [0.29, 0.717) is 5.75 Å². The molecule has 1 fully saturated rings. The summed E-state index contributed by atoms with van der Waals surface area (Å²) in [5, 5.41) is 2.13. The molecule has 2 heterocycles. The van der Waals surface area contributed by atoms with Gasteiger partial charge in [0.2, 0.25) is 11.8 Å². The maximum absolute atomic E-state index is 12.6. The number of carbonyl (C=O) groups excluding carboxylic acids is 5. The molecule has 2 aliphatic heterocycles. The van der Waals surface area contributed by atoms with Crippen molar-refractivity contribution >= 4 is 29.7 Å². The van der Waals surface area contributed by atoms with Crippen molar-refractivity contribution in [2.24, 2.45) is 5.73 Å². The van der Waals surface area contributed by atoms with Crippen LogP contribution >= 0.6 is 0 Å². The molecule has 136 valence electrons. The Morgan fingerprint density at radius 3 is 2.58 bits per heavy atom. The number of fused-ring (bicyclic) bond motifs is 1. The quantitative estimate of drug-likeness (QED) is 0.534. The highest BCUT2D eigenvalue weighted by Crippen LogP contribution is 2.30. The topological polar surface area (TPSA) is 145 Å². The lowest BCUT2D eigenvalue weighted by Crippen LogP contribution is -2.54. The number of rotatable bonds is 5. The summed E-state index contributed by atoms with van der Waals surface area (Å²) in [5.74, 6) is -2.03. The molecule has 0 radical (unpaired) electrons. The minimum absolute atomic E-state index is 0.0146. The molecule has 1 unspecified atom stereocenters. The summed E-state index contributed by atoms with van der Waals surface area (Å²) in [6, 6.07) is 3.27. The Balaban J connectivity index is 1.74. The van der Waals surface area contributed by atoms with Crippen LogP contribution < -0.4 is 15.8 Å². The second-order valence-corrected chi connectivity index (χ2v) is 5.67. The van der Waals surface area contributed by atoms with Crippen molar-refractivity contribution in [3.63, 3.8) is 0 Å². The zero-order valence-electron chi connectivity index (χ0n) is 13.5. The van der Waals surface area contributed by atoms with Gasteiger partial charge in [-0.05, 0) is 24.6 Å². The second kappa shape index (κ2) is 6.82. The van der Waals surface area contributed by atoms with E-state index in [2.05, 4.69) is 10.1 Å². The van der Waals surface area contributed by atoms with Crippen LogP contribution in [0, 0.1) is 0 Å². The largest absolute Gasteiger partial charge is 0.490 e. The summed E-state index contributed by atoms with van der Waals surface area (Å²) < 4.78 is 9.87. The van der Waals surface area contributed by atoms with Gasteiger partial charge in [-0.2, -0.15) is 0 Å². The maximum Gasteiger partial charge on any atom is 0.404 e. The molecule has 26 heavy (non-hydrogen) atoms. The Morgan fingerprint density at radius 1 is 1.15 bits per heavy atom. The number of nitrogens with zero attached hydrogens (tertiary/aromatic N) is 1. The number of nitrogens with one attached hydrogen (secondary N) is 1. The fourth-order valence-corrected chi connectivity index (χ4v) is 2.84. The van der Waals surface area contributed by atoms with E-state index >= 15 is 0 Å². The van der Waals surface area contributed by atoms with Crippen molar-refractivity contribution in [3.8, 4) is 5.75 Å². The predicted molar refractivity (Wildman–Crippen MR) is 84.1 cm³/mol. The Hall–Kier alpha value is -3.43. The van der Waals surface area contributed by atoms with Crippen LogP contribution in [0.2, 0.25) is 0 Å². The molecular weight excluding hydrogens is 346 g/mol. The van der Waals surface area contributed by atoms with Gasteiger partial charge in [0.1, 0.15) is 25.0 Å². The molecule has 3 rings (SSSR count). The Kier molecular flexibility index (Phi) is 4.57. The van der Waals surface area contributed by atoms with Crippen molar-refractivity contribution in [1.29, 1.82) is 0 Å². The molecule has 5 amide bonds. The number of primary amides is 1. The van der Waals surface area contributed by atoms with Gasteiger partial charge in [0.05, 0.1) is 11.1 Å². The average molecular weight is 361 g/mol. The molecule has 1 aromatic rings. The van der Waals surface area contributed by atoms with Gasteiger partial charge in [-0.25, -0.2) is 4.79 Å². The summed E-state index contributed by atoms with van der Waals surface area (Å²) in [4.78, 5) is 59.7. The average Bonchev–Trinajstić information content (AvgIpc) is 2.83. The van der Waals surface area contributed by atoms with Gasteiger partial charge >= 0.3 is 6.09 Å². The number of hydrogen-bond acceptors (Lipinski definition) is 7. The molecule has 10 nitrogen and oxygen atoms in total. The maximum atomic E-state index is 12.6. The second-order valence-electron chi connectivity index (χ2n) is 5.67. The van der Waals surface area contributed by atoms with E-state index in [0.717, 1.165) is 4.90 Å². The van der Waals surface area contributed by atoms with Gasteiger partial charge in [0.25, 0.3) is 11.8 Å². The van der Waals surface area contributed by atoms with Crippen LogP contribution in [0.4, 0.5) is 4.79 Å². The van der Waals surface area contributed by atoms with Crippen molar-refractivity contribution in [2.75, 3.05) is 13.2 Å². The third kappa shape index (κ3) is 3.21. The molecule has 2 aliphatic rings. The van der Waals surface area contributed by atoms with Crippen LogP contribution in [-0.4, -0.2) is 53.9 Å². The van der Waals surface area contributed by atoms with E-state index in [9.17, 15) is 24.0 Å². The lowest BCUT2D eigenvalue weighted by molar-refractivity contribution is -0.136. The normalized spacial score (nSPS) is 19.2. The molecule has 0 aromatic heterocycles. The smallest absolute Gasteiger partial charge is 0.404 e. The highest BCUT2D eigenvalue weighted by atomic mass is 16.6. The summed E-state index contributed by atoms with van der Waals surface area (Å²) in [6.07, 6.45) is -0.787. The lowest BCUT2D eigenvalue weighted by Gasteiger charge is -2.27. The van der Waals surface area contributed by atoms with E-state index in [1.54, 1.807) is 0 Å². The molecule has 0 spiro atoms. The predicted octanol–water partition coefficient (Wildman–Crippen LogP) is -0.438. The number of imide groups is 2. The van der Waals surface area contributed by atoms with E-state index in [1.807, 2.05) is 0 Å². The fraction of sp³-hybridized carbons (Fsp3) is 0.312. The molecule has 0 aliphatic carbocycles. The monoisotopic (exact) mass is 361 g/mol. The number of nitrogens with two attached hydrogens (primary N) is 1. The highest BCUT2D eigenvalue weighted by molar-refractivity contribution is 6.23. The first-order valence-electron chi connectivity index (χ1n) is 7.79. The fourth-order valence-electron chi connectivity index (χ4n) is 2.84. The summed E-state index contributed by atoms with van der Waals surface area (Å²) in [6.45, 7) is -0.0532. The van der Waals surface area contributed by atoms with Crippen molar-refractivity contribution < 1.29 is 33.4 Å². The van der Waals surface area contributed by atoms with Gasteiger partial charge in [-0.1, -0.05) is 0 Å². The van der Waals surface area contributed by atoms with Crippen LogP contribution in [-0.2, 0) is 14.3 Å². The first kappa shape index (κ1) is 17.4. The number of benzene rings is 1. The van der Waals surface area contributed by atoms with Gasteiger partial charge in [0, 0.05) is 6.42 Å². The zero-order valence-corrected chi connectivity index (χ0v) is 13.5. The number of amides is 5. The molecule has 10 heteroatoms. The summed E-state index contributed by atoms with van der Waals surface area (Å²) in [7, 11) is 0.